The van der Waals surface area contributed by atoms with Crippen molar-refractivity contribution in [2.45, 2.75) is 24.9 Å². The van der Waals surface area contributed by atoms with E-state index in [0.717, 1.165) is 0 Å². The molecule has 3 N–H and O–H groups in total. The number of ether oxygens (including phenoxy) is 2. The summed E-state index contributed by atoms with van der Waals surface area (Å²) >= 11 is 6.31. The summed E-state index contributed by atoms with van der Waals surface area (Å²) in [7, 11) is 0. The van der Waals surface area contributed by atoms with Gasteiger partial charge in [-0.15, -0.1) is 0 Å². The van der Waals surface area contributed by atoms with Crippen LogP contribution in [0.15, 0.2) is 24.3 Å². The average molecular weight is 330 g/mol. The van der Waals surface area contributed by atoms with E-state index in [9.17, 15) is 10.5 Å². The molecular formula is C16H14ClN4O2+. The smallest absolute Gasteiger partial charge is 0.311 e. The molecule has 1 saturated heterocycles. The van der Waals surface area contributed by atoms with Crippen molar-refractivity contribution >= 4 is 17.4 Å². The molecule has 0 unspecified atom stereocenters. The molecule has 3 aliphatic rings. The molecule has 0 bridgehead atoms. The van der Waals surface area contributed by atoms with Crippen LogP contribution < -0.4 is 10.7 Å². The lowest BCUT2D eigenvalue weighted by molar-refractivity contribution is -0.677. The van der Waals surface area contributed by atoms with Gasteiger partial charge in [0.05, 0.1) is 24.8 Å². The van der Waals surface area contributed by atoms with E-state index in [0.29, 0.717) is 17.2 Å². The highest BCUT2D eigenvalue weighted by Crippen LogP contribution is 2.79. The molecule has 2 fully saturated rings. The van der Waals surface area contributed by atoms with Crippen LogP contribution in [-0.4, -0.2) is 24.5 Å². The van der Waals surface area contributed by atoms with Crippen LogP contribution >= 0.6 is 11.6 Å². The minimum atomic E-state index is -1.41. The van der Waals surface area contributed by atoms with E-state index in [4.69, 9.17) is 26.8 Å². The standard InChI is InChI=1S/C16H13ClN4O2/c1-9-6-22-16(23-9)15(8-19)12(10-4-2-3-5-11(10)17)14(15,7-18)13(20)21-16/h2-5,9,12H,6H2,1H3,(H2,20,21)/p+1/t9-,12-,14-,15-,16+/m1/s1. The number of nitrogens with one attached hydrogen (secondary N) is 1. The van der Waals surface area contributed by atoms with Crippen LogP contribution in [-0.2, 0) is 9.47 Å². The van der Waals surface area contributed by atoms with Crippen LogP contribution in [0.25, 0.3) is 0 Å². The van der Waals surface area contributed by atoms with Gasteiger partial charge in [-0.3, -0.25) is 5.73 Å². The van der Waals surface area contributed by atoms with E-state index in [2.05, 4.69) is 17.1 Å². The van der Waals surface area contributed by atoms with Gasteiger partial charge in [-0.25, -0.2) is 4.99 Å². The number of amidine groups is 1. The molecule has 1 aliphatic carbocycles. The second-order valence-electron chi connectivity index (χ2n) is 6.19. The highest BCUT2D eigenvalue weighted by Gasteiger charge is 2.98. The Morgan fingerprint density at radius 3 is 2.65 bits per heavy atom. The van der Waals surface area contributed by atoms with Crippen molar-refractivity contribution in [1.82, 2.24) is 0 Å². The van der Waals surface area contributed by atoms with Crippen molar-refractivity contribution in [1.29, 1.82) is 10.5 Å². The maximum atomic E-state index is 10.0. The Bertz CT molecular complexity index is 828. The van der Waals surface area contributed by atoms with Crippen molar-refractivity contribution in [3.05, 3.63) is 34.9 Å². The summed E-state index contributed by atoms with van der Waals surface area (Å²) in [6.07, 6.45) is -0.206. The Morgan fingerprint density at radius 2 is 2.09 bits per heavy atom. The molecule has 1 aromatic rings. The van der Waals surface area contributed by atoms with Crippen molar-refractivity contribution in [2.75, 3.05) is 6.61 Å². The van der Waals surface area contributed by atoms with Crippen LogP contribution in [0.2, 0.25) is 5.02 Å². The lowest BCUT2D eigenvalue weighted by Crippen LogP contribution is -2.90. The third-order valence-corrected chi connectivity index (χ3v) is 5.45. The molecule has 5 atom stereocenters. The zero-order valence-electron chi connectivity index (χ0n) is 12.3. The maximum Gasteiger partial charge on any atom is 0.343 e. The van der Waals surface area contributed by atoms with E-state index in [1.807, 2.05) is 19.1 Å². The molecule has 116 valence electrons. The van der Waals surface area contributed by atoms with Gasteiger partial charge in [0.1, 0.15) is 0 Å². The Labute approximate surface area is 138 Å². The summed E-state index contributed by atoms with van der Waals surface area (Å²) in [6, 6.07) is 11.7. The SMILES string of the molecule is C[C@@H]1CO[C@]2([NH+]=C(N)[C@@]3(C#N)[C@@H](c4ccccc4Cl)[C@@]23C#N)O1. The first-order valence-corrected chi connectivity index (χ1v) is 7.66. The van der Waals surface area contributed by atoms with Gasteiger partial charge in [0, 0.05) is 10.9 Å². The summed E-state index contributed by atoms with van der Waals surface area (Å²) in [6.45, 7) is 2.16. The number of nitrogens with two attached hydrogens (primary N) is 1. The van der Waals surface area contributed by atoms with E-state index < -0.39 is 22.7 Å². The van der Waals surface area contributed by atoms with Crippen molar-refractivity contribution < 1.29 is 14.5 Å². The quantitative estimate of drug-likeness (QED) is 0.754. The number of halogens is 1. The first-order valence-electron chi connectivity index (χ1n) is 7.29. The van der Waals surface area contributed by atoms with Gasteiger partial charge in [-0.1, -0.05) is 29.8 Å². The van der Waals surface area contributed by atoms with Gasteiger partial charge < -0.3 is 9.47 Å². The highest BCUT2D eigenvalue weighted by atomic mass is 35.5. The Kier molecular flexibility index (Phi) is 2.67. The molecule has 4 rings (SSSR count). The van der Waals surface area contributed by atoms with Crippen molar-refractivity contribution in [3.63, 3.8) is 0 Å². The molecule has 2 heterocycles. The number of nitriles is 2. The zero-order chi connectivity index (χ0) is 16.5. The molecule has 0 radical (unpaired) electrons. The summed E-state index contributed by atoms with van der Waals surface area (Å²) < 4.78 is 11.7. The van der Waals surface area contributed by atoms with E-state index in [-0.39, 0.29) is 11.9 Å². The van der Waals surface area contributed by atoms with Crippen LogP contribution in [0.5, 0.6) is 0 Å². The van der Waals surface area contributed by atoms with E-state index in [1.165, 1.54) is 0 Å². The second-order valence-corrected chi connectivity index (χ2v) is 6.60. The number of hydrogen-bond donors (Lipinski definition) is 2. The highest BCUT2D eigenvalue weighted by molar-refractivity contribution is 6.31. The predicted octanol–water partition coefficient (Wildman–Crippen LogP) is -0.00234. The van der Waals surface area contributed by atoms with Gasteiger partial charge in [-0.05, 0) is 18.6 Å². The largest absolute Gasteiger partial charge is 0.343 e. The molecule has 2 aliphatic heterocycles. The molecule has 0 aromatic heterocycles. The van der Waals surface area contributed by atoms with Gasteiger partial charge in [-0.2, -0.15) is 10.5 Å². The molecular weight excluding hydrogens is 316 g/mol. The molecule has 1 saturated carbocycles. The first kappa shape index (κ1) is 14.5. The van der Waals surface area contributed by atoms with Crippen LogP contribution in [0.1, 0.15) is 18.4 Å². The fraction of sp³-hybridized carbons (Fsp3) is 0.438. The molecule has 7 heteroatoms. The monoisotopic (exact) mass is 329 g/mol. The average Bonchev–Trinajstić information content (AvgIpc) is 2.91. The normalized spacial score (nSPS) is 43.6. The molecule has 6 nitrogen and oxygen atoms in total. The van der Waals surface area contributed by atoms with Gasteiger partial charge in [0.2, 0.25) is 0 Å². The molecule has 0 amide bonds. The Hall–Kier alpha value is -2.12. The van der Waals surface area contributed by atoms with E-state index in [1.54, 1.807) is 12.1 Å². The molecule has 1 aromatic carbocycles. The van der Waals surface area contributed by atoms with Gasteiger partial charge in [0.25, 0.3) is 5.84 Å². The molecule has 23 heavy (non-hydrogen) atoms. The van der Waals surface area contributed by atoms with Crippen molar-refractivity contribution in [2.24, 2.45) is 16.6 Å². The second kappa shape index (κ2) is 4.24. The first-order chi connectivity index (χ1) is 11.0. The predicted molar refractivity (Wildman–Crippen MR) is 79.7 cm³/mol. The molecule has 1 spiro atoms. The van der Waals surface area contributed by atoms with Gasteiger partial charge in [0.15, 0.2) is 10.8 Å². The van der Waals surface area contributed by atoms with E-state index >= 15 is 0 Å². The lowest BCUT2D eigenvalue weighted by atomic mass is 9.94. The Morgan fingerprint density at radius 1 is 1.35 bits per heavy atom. The minimum absolute atomic E-state index is 0.195. The third-order valence-electron chi connectivity index (χ3n) is 5.11. The number of hydrogen-bond acceptors (Lipinski definition) is 5. The summed E-state index contributed by atoms with van der Waals surface area (Å²) in [5.41, 5.74) is 4.34. The van der Waals surface area contributed by atoms with Crippen LogP contribution in [0, 0.1) is 33.5 Å². The maximum absolute atomic E-state index is 10.0. The summed E-state index contributed by atoms with van der Waals surface area (Å²) in [5, 5.41) is 20.4. The number of rotatable bonds is 1. The third kappa shape index (κ3) is 1.34. The summed E-state index contributed by atoms with van der Waals surface area (Å²) in [5.74, 6) is -1.73. The fourth-order valence-corrected chi connectivity index (χ4v) is 4.38. The Balaban J connectivity index is 1.95. The number of benzene rings is 1. The zero-order valence-corrected chi connectivity index (χ0v) is 13.1. The number of nitrogens with zero attached hydrogens (tertiary/aromatic N) is 2. The lowest BCUT2D eigenvalue weighted by Gasteiger charge is -2.24. The number of fused-ring (bicyclic) bond motifs is 2. The fourth-order valence-electron chi connectivity index (χ4n) is 4.14. The van der Waals surface area contributed by atoms with Crippen LogP contribution in [0.4, 0.5) is 0 Å². The van der Waals surface area contributed by atoms with Gasteiger partial charge >= 0.3 is 5.91 Å². The minimum Gasteiger partial charge on any atom is -0.311 e. The van der Waals surface area contributed by atoms with Crippen molar-refractivity contribution in [3.8, 4) is 12.1 Å². The summed E-state index contributed by atoms with van der Waals surface area (Å²) in [4.78, 5) is 2.92. The topological polar surface area (TPSA) is 106 Å². The van der Waals surface area contributed by atoms with Crippen LogP contribution in [0.3, 0.4) is 0 Å².